The lowest BCUT2D eigenvalue weighted by molar-refractivity contribution is 0.187. The summed E-state index contributed by atoms with van der Waals surface area (Å²) < 4.78 is 4.99. The summed E-state index contributed by atoms with van der Waals surface area (Å²) in [7, 11) is 1.72. The van der Waals surface area contributed by atoms with Gasteiger partial charge < -0.3 is 15.8 Å². The lowest BCUT2D eigenvalue weighted by Crippen LogP contribution is -2.35. The van der Waals surface area contributed by atoms with Crippen LogP contribution in [0.4, 0.5) is 0 Å². The van der Waals surface area contributed by atoms with Crippen LogP contribution in [0.15, 0.2) is 0 Å². The molecule has 0 amide bonds. The van der Waals surface area contributed by atoms with Crippen molar-refractivity contribution in [2.75, 3.05) is 26.8 Å². The molecule has 1 unspecified atom stereocenters. The Morgan fingerprint density at radius 2 is 1.81 bits per heavy atom. The molecule has 16 heavy (non-hydrogen) atoms. The second kappa shape index (κ2) is 12.9. The second-order valence-corrected chi connectivity index (χ2v) is 4.51. The molecule has 3 heteroatoms. The summed E-state index contributed by atoms with van der Waals surface area (Å²) in [5, 5.41) is 3.40. The summed E-state index contributed by atoms with van der Waals surface area (Å²) in [4.78, 5) is 0. The molecule has 0 saturated carbocycles. The summed E-state index contributed by atoms with van der Waals surface area (Å²) in [5.74, 6) is 0. The summed E-state index contributed by atoms with van der Waals surface area (Å²) in [6.07, 6.45) is 9.05. The molecule has 0 aliphatic carbocycles. The number of nitrogens with two attached hydrogens (primary N) is 1. The van der Waals surface area contributed by atoms with Gasteiger partial charge in [-0.3, -0.25) is 0 Å². The minimum atomic E-state index is 0.236. The van der Waals surface area contributed by atoms with Crippen LogP contribution in [-0.4, -0.2) is 32.8 Å². The predicted molar refractivity (Wildman–Crippen MR) is 70.7 cm³/mol. The zero-order valence-corrected chi connectivity index (χ0v) is 11.1. The van der Waals surface area contributed by atoms with Gasteiger partial charge in [-0.05, 0) is 19.4 Å². The van der Waals surface area contributed by atoms with E-state index in [-0.39, 0.29) is 6.04 Å². The fourth-order valence-electron chi connectivity index (χ4n) is 1.69. The Morgan fingerprint density at radius 3 is 2.50 bits per heavy atom. The van der Waals surface area contributed by atoms with Crippen molar-refractivity contribution in [3.8, 4) is 0 Å². The molecule has 0 saturated heterocycles. The number of unbranched alkanes of at least 4 members (excludes halogenated alkanes) is 5. The fraction of sp³-hybridized carbons (Fsp3) is 1.00. The van der Waals surface area contributed by atoms with Gasteiger partial charge in [-0.2, -0.15) is 0 Å². The number of nitrogens with one attached hydrogen (secondary N) is 1. The van der Waals surface area contributed by atoms with Gasteiger partial charge in [0.25, 0.3) is 0 Å². The molecule has 0 heterocycles. The molecule has 0 aromatic rings. The molecule has 0 spiro atoms. The molecule has 0 fully saturated rings. The fourth-order valence-corrected chi connectivity index (χ4v) is 1.69. The van der Waals surface area contributed by atoms with E-state index < -0.39 is 0 Å². The van der Waals surface area contributed by atoms with Crippen LogP contribution in [0, 0.1) is 0 Å². The first-order valence-corrected chi connectivity index (χ1v) is 6.76. The Kier molecular flexibility index (Phi) is 12.9. The summed E-state index contributed by atoms with van der Waals surface area (Å²) >= 11 is 0. The molecule has 0 radical (unpaired) electrons. The number of rotatable bonds is 12. The Labute approximate surface area is 101 Å². The highest BCUT2D eigenvalue weighted by Gasteiger charge is 2.00. The van der Waals surface area contributed by atoms with E-state index in [2.05, 4.69) is 12.2 Å². The van der Waals surface area contributed by atoms with Crippen molar-refractivity contribution in [2.45, 2.75) is 57.9 Å². The van der Waals surface area contributed by atoms with Gasteiger partial charge in [-0.25, -0.2) is 0 Å². The first-order valence-electron chi connectivity index (χ1n) is 6.76. The van der Waals surface area contributed by atoms with Gasteiger partial charge in [0, 0.05) is 26.3 Å². The van der Waals surface area contributed by atoms with Gasteiger partial charge in [0.2, 0.25) is 0 Å². The smallest absolute Gasteiger partial charge is 0.0477 e. The van der Waals surface area contributed by atoms with E-state index in [1.54, 1.807) is 7.11 Å². The maximum absolute atomic E-state index is 5.90. The normalized spacial score (nSPS) is 12.9. The highest BCUT2D eigenvalue weighted by molar-refractivity contribution is 4.64. The van der Waals surface area contributed by atoms with Crippen LogP contribution in [0.25, 0.3) is 0 Å². The number of hydrogen-bond donors (Lipinski definition) is 2. The molecule has 98 valence electrons. The van der Waals surface area contributed by atoms with Crippen LogP contribution in [0.3, 0.4) is 0 Å². The molecule has 0 aliphatic rings. The van der Waals surface area contributed by atoms with E-state index in [1.807, 2.05) is 0 Å². The van der Waals surface area contributed by atoms with Gasteiger partial charge in [0.15, 0.2) is 0 Å². The zero-order valence-electron chi connectivity index (χ0n) is 11.1. The zero-order chi connectivity index (χ0) is 12.1. The molecule has 0 rings (SSSR count). The molecule has 0 aromatic heterocycles. The van der Waals surface area contributed by atoms with Crippen molar-refractivity contribution in [3.63, 3.8) is 0 Å². The van der Waals surface area contributed by atoms with Crippen molar-refractivity contribution >= 4 is 0 Å². The van der Waals surface area contributed by atoms with Gasteiger partial charge >= 0.3 is 0 Å². The van der Waals surface area contributed by atoms with Gasteiger partial charge in [-0.1, -0.05) is 39.0 Å². The molecular formula is C13H30N2O. The first-order chi connectivity index (χ1) is 7.81. The summed E-state index contributed by atoms with van der Waals surface area (Å²) in [6.45, 7) is 5.04. The van der Waals surface area contributed by atoms with Crippen LogP contribution >= 0.6 is 0 Å². The topological polar surface area (TPSA) is 47.3 Å². The largest absolute Gasteiger partial charge is 0.385 e. The molecular weight excluding hydrogens is 200 g/mol. The quantitative estimate of drug-likeness (QED) is 0.506. The van der Waals surface area contributed by atoms with Crippen molar-refractivity contribution in [1.82, 2.24) is 5.32 Å². The third kappa shape index (κ3) is 12.0. The maximum Gasteiger partial charge on any atom is 0.0477 e. The third-order valence-corrected chi connectivity index (χ3v) is 2.81. The first kappa shape index (κ1) is 15.9. The van der Waals surface area contributed by atoms with Crippen LogP contribution in [0.1, 0.15) is 51.9 Å². The minimum absolute atomic E-state index is 0.236. The van der Waals surface area contributed by atoms with Crippen LogP contribution in [-0.2, 0) is 4.74 Å². The predicted octanol–water partition coefficient (Wildman–Crippen LogP) is 2.30. The number of methoxy groups -OCH3 is 1. The Balaban J connectivity index is 3.02. The number of hydrogen-bond acceptors (Lipinski definition) is 3. The Morgan fingerprint density at radius 1 is 1.12 bits per heavy atom. The molecule has 3 nitrogen and oxygen atoms in total. The third-order valence-electron chi connectivity index (χ3n) is 2.81. The van der Waals surface area contributed by atoms with Crippen molar-refractivity contribution in [3.05, 3.63) is 0 Å². The lowest BCUT2D eigenvalue weighted by atomic mass is 10.1. The van der Waals surface area contributed by atoms with Crippen molar-refractivity contribution < 1.29 is 4.74 Å². The van der Waals surface area contributed by atoms with Crippen LogP contribution in [0.2, 0.25) is 0 Å². The SMILES string of the molecule is CCCCCCCCNCC(N)CCOC. The maximum atomic E-state index is 5.90. The highest BCUT2D eigenvalue weighted by Crippen LogP contribution is 2.03. The summed E-state index contributed by atoms with van der Waals surface area (Å²) in [6, 6.07) is 0.236. The molecule has 3 N–H and O–H groups in total. The Bertz CT molecular complexity index is 131. The molecule has 0 bridgehead atoms. The van der Waals surface area contributed by atoms with Gasteiger partial charge in [0.1, 0.15) is 0 Å². The monoisotopic (exact) mass is 230 g/mol. The van der Waals surface area contributed by atoms with Crippen LogP contribution < -0.4 is 11.1 Å². The number of ether oxygens (including phenoxy) is 1. The van der Waals surface area contributed by atoms with Gasteiger partial charge in [-0.15, -0.1) is 0 Å². The Hall–Kier alpha value is -0.120. The standard InChI is InChI=1S/C13H30N2O/c1-3-4-5-6-7-8-10-15-12-13(14)9-11-16-2/h13,15H,3-12,14H2,1-2H3. The highest BCUT2D eigenvalue weighted by atomic mass is 16.5. The van der Waals surface area contributed by atoms with Crippen LogP contribution in [0.5, 0.6) is 0 Å². The van der Waals surface area contributed by atoms with E-state index in [0.29, 0.717) is 0 Å². The van der Waals surface area contributed by atoms with E-state index in [1.165, 1.54) is 38.5 Å². The molecule has 0 aliphatic heterocycles. The van der Waals surface area contributed by atoms with Crippen molar-refractivity contribution in [2.24, 2.45) is 5.73 Å². The van der Waals surface area contributed by atoms with E-state index >= 15 is 0 Å². The lowest BCUT2D eigenvalue weighted by Gasteiger charge is -2.11. The average Bonchev–Trinajstić information content (AvgIpc) is 2.30. The molecule has 1 atom stereocenters. The average molecular weight is 230 g/mol. The minimum Gasteiger partial charge on any atom is -0.385 e. The second-order valence-electron chi connectivity index (χ2n) is 4.51. The van der Waals surface area contributed by atoms with E-state index in [0.717, 1.165) is 26.1 Å². The molecule has 0 aromatic carbocycles. The van der Waals surface area contributed by atoms with Crippen molar-refractivity contribution in [1.29, 1.82) is 0 Å². The van der Waals surface area contributed by atoms with E-state index in [4.69, 9.17) is 10.5 Å². The van der Waals surface area contributed by atoms with Gasteiger partial charge in [0.05, 0.1) is 0 Å². The summed E-state index contributed by atoms with van der Waals surface area (Å²) in [5.41, 5.74) is 5.90. The van der Waals surface area contributed by atoms with E-state index in [9.17, 15) is 0 Å².